The van der Waals surface area contributed by atoms with E-state index < -0.39 is 0 Å². The number of amides is 1. The summed E-state index contributed by atoms with van der Waals surface area (Å²) in [4.78, 5) is 19.8. The molecule has 6 nitrogen and oxygen atoms in total. The van der Waals surface area contributed by atoms with Crippen LogP contribution in [-0.2, 0) is 0 Å². The highest BCUT2D eigenvalue weighted by Gasteiger charge is 2.13. The first kappa shape index (κ1) is 26.1. The molecule has 36 heavy (non-hydrogen) atoms. The van der Waals surface area contributed by atoms with Gasteiger partial charge < -0.3 is 20.9 Å². The molecule has 1 saturated heterocycles. The maximum absolute atomic E-state index is 12.6. The molecule has 2 aromatic carbocycles. The van der Waals surface area contributed by atoms with E-state index in [0.717, 1.165) is 72.9 Å². The van der Waals surface area contributed by atoms with Gasteiger partial charge in [0, 0.05) is 41.8 Å². The van der Waals surface area contributed by atoms with Gasteiger partial charge in [0.2, 0.25) is 0 Å². The van der Waals surface area contributed by atoms with E-state index in [0.29, 0.717) is 12.1 Å². The monoisotopic (exact) mass is 487 g/mol. The van der Waals surface area contributed by atoms with Crippen LogP contribution in [0, 0.1) is 5.92 Å². The summed E-state index contributed by atoms with van der Waals surface area (Å²) in [5.74, 6) is 0.772. The van der Waals surface area contributed by atoms with Gasteiger partial charge in [-0.3, -0.25) is 4.79 Å². The molecular formula is C30H41N5O. The van der Waals surface area contributed by atoms with Crippen molar-refractivity contribution in [2.45, 2.75) is 39.5 Å². The second kappa shape index (κ2) is 13.4. The van der Waals surface area contributed by atoms with E-state index in [1.165, 1.54) is 25.8 Å². The lowest BCUT2D eigenvalue weighted by Crippen LogP contribution is -2.34. The normalized spacial score (nSPS) is 15.8. The predicted molar refractivity (Wildman–Crippen MR) is 151 cm³/mol. The summed E-state index contributed by atoms with van der Waals surface area (Å²) in [5.41, 5.74) is 4.70. The summed E-state index contributed by atoms with van der Waals surface area (Å²) >= 11 is 0. The Balaban J connectivity index is 1.41. The third-order valence-corrected chi connectivity index (χ3v) is 7.27. The van der Waals surface area contributed by atoms with Gasteiger partial charge in [0.1, 0.15) is 0 Å². The predicted octanol–water partition coefficient (Wildman–Crippen LogP) is 5.17. The van der Waals surface area contributed by atoms with Crippen molar-refractivity contribution in [3.05, 3.63) is 60.2 Å². The fourth-order valence-electron chi connectivity index (χ4n) is 5.02. The highest BCUT2D eigenvalue weighted by molar-refractivity contribution is 5.96. The lowest BCUT2D eigenvalue weighted by Gasteiger charge is -2.22. The number of likely N-dealkylation sites (N-methyl/N-ethyl adjacent to an activating group) is 1. The Hall–Kier alpha value is -2.96. The highest BCUT2D eigenvalue weighted by atomic mass is 16.1. The molecule has 0 aliphatic carbocycles. The average Bonchev–Trinajstić information content (AvgIpc) is 2.94. The Morgan fingerprint density at radius 1 is 1.08 bits per heavy atom. The lowest BCUT2D eigenvalue weighted by molar-refractivity contribution is 0.0949. The number of pyridine rings is 1. The number of hydrogen-bond acceptors (Lipinski definition) is 5. The Morgan fingerprint density at radius 3 is 2.64 bits per heavy atom. The number of hydrogen-bond donors (Lipinski definition) is 3. The van der Waals surface area contributed by atoms with Gasteiger partial charge in [-0.2, -0.15) is 0 Å². The second-order valence-corrected chi connectivity index (χ2v) is 9.71. The number of aromatic nitrogens is 1. The van der Waals surface area contributed by atoms with Crippen LogP contribution in [0.3, 0.4) is 0 Å². The van der Waals surface area contributed by atoms with Crippen molar-refractivity contribution in [2.75, 3.05) is 51.1 Å². The molecule has 1 amide bonds. The fraction of sp³-hybridized carbons (Fsp3) is 0.467. The van der Waals surface area contributed by atoms with E-state index in [1.807, 2.05) is 30.3 Å². The molecule has 192 valence electrons. The van der Waals surface area contributed by atoms with Crippen LogP contribution >= 0.6 is 0 Å². The van der Waals surface area contributed by atoms with Crippen LogP contribution in [-0.4, -0.2) is 61.6 Å². The molecule has 4 rings (SSSR count). The van der Waals surface area contributed by atoms with Crippen molar-refractivity contribution in [2.24, 2.45) is 5.92 Å². The zero-order valence-corrected chi connectivity index (χ0v) is 21.9. The Bertz CT molecular complexity index is 1100. The summed E-state index contributed by atoms with van der Waals surface area (Å²) in [6.07, 6.45) is 5.07. The largest absolute Gasteiger partial charge is 0.384 e. The molecular weight excluding hydrogens is 446 g/mol. The number of anilines is 1. The van der Waals surface area contributed by atoms with Crippen molar-refractivity contribution in [1.29, 1.82) is 0 Å². The zero-order chi connectivity index (χ0) is 25.2. The number of nitrogens with zero attached hydrogens (tertiary/aromatic N) is 2. The van der Waals surface area contributed by atoms with E-state index in [2.05, 4.69) is 59.0 Å². The van der Waals surface area contributed by atoms with Crippen LogP contribution in [0.5, 0.6) is 0 Å². The van der Waals surface area contributed by atoms with E-state index in [4.69, 9.17) is 4.98 Å². The number of carbonyl (C=O) groups is 1. The molecule has 0 spiro atoms. The topological polar surface area (TPSA) is 69.3 Å². The molecule has 1 aliphatic heterocycles. The summed E-state index contributed by atoms with van der Waals surface area (Å²) < 4.78 is 0. The molecule has 1 unspecified atom stereocenters. The summed E-state index contributed by atoms with van der Waals surface area (Å²) in [6, 6.07) is 18.2. The van der Waals surface area contributed by atoms with Gasteiger partial charge in [0.05, 0.1) is 11.2 Å². The molecule has 0 saturated carbocycles. The third-order valence-electron chi connectivity index (χ3n) is 7.27. The Morgan fingerprint density at radius 2 is 1.89 bits per heavy atom. The molecule has 2 heterocycles. The van der Waals surface area contributed by atoms with Crippen LogP contribution in [0.1, 0.15) is 49.9 Å². The minimum absolute atomic E-state index is 0.0318. The minimum Gasteiger partial charge on any atom is -0.384 e. The second-order valence-electron chi connectivity index (χ2n) is 9.71. The van der Waals surface area contributed by atoms with Crippen LogP contribution in [0.4, 0.5) is 5.69 Å². The zero-order valence-electron chi connectivity index (χ0n) is 21.9. The number of para-hydroxylation sites is 1. The lowest BCUT2D eigenvalue weighted by atomic mass is 9.95. The highest BCUT2D eigenvalue weighted by Crippen LogP contribution is 2.29. The molecule has 0 radical (unpaired) electrons. The Kier molecular flexibility index (Phi) is 9.70. The number of nitrogens with one attached hydrogen (secondary N) is 3. The smallest absolute Gasteiger partial charge is 0.251 e. The molecule has 1 atom stereocenters. The van der Waals surface area contributed by atoms with Crippen molar-refractivity contribution in [1.82, 2.24) is 20.5 Å². The van der Waals surface area contributed by atoms with Gasteiger partial charge in [-0.05, 0) is 82.0 Å². The quantitative estimate of drug-likeness (QED) is 0.308. The van der Waals surface area contributed by atoms with Gasteiger partial charge >= 0.3 is 0 Å². The molecule has 3 aromatic rings. The summed E-state index contributed by atoms with van der Waals surface area (Å²) in [7, 11) is 0. The number of carbonyl (C=O) groups excluding carboxylic acids is 1. The minimum atomic E-state index is -0.0318. The maximum Gasteiger partial charge on any atom is 0.251 e. The van der Waals surface area contributed by atoms with Crippen molar-refractivity contribution in [3.8, 4) is 11.3 Å². The SMILES string of the molecule is CCN(CC)CCNC(=O)c1ccc(-c2cc(NCCCC3CCCNC3)c3ccccc3n2)cc1. The van der Waals surface area contributed by atoms with Crippen molar-refractivity contribution in [3.63, 3.8) is 0 Å². The average molecular weight is 488 g/mol. The van der Waals surface area contributed by atoms with Crippen molar-refractivity contribution >= 4 is 22.5 Å². The van der Waals surface area contributed by atoms with Crippen LogP contribution in [0.2, 0.25) is 0 Å². The third kappa shape index (κ3) is 7.05. The van der Waals surface area contributed by atoms with Gasteiger partial charge in [-0.25, -0.2) is 4.98 Å². The molecule has 1 aliphatic rings. The van der Waals surface area contributed by atoms with Crippen LogP contribution in [0.25, 0.3) is 22.2 Å². The van der Waals surface area contributed by atoms with Gasteiger partial charge in [-0.1, -0.05) is 44.2 Å². The number of fused-ring (bicyclic) bond motifs is 1. The first-order chi connectivity index (χ1) is 17.7. The van der Waals surface area contributed by atoms with Gasteiger partial charge in [-0.15, -0.1) is 0 Å². The summed E-state index contributed by atoms with van der Waals surface area (Å²) in [6.45, 7) is 11.1. The van der Waals surface area contributed by atoms with Crippen LogP contribution < -0.4 is 16.0 Å². The molecule has 1 fully saturated rings. The van der Waals surface area contributed by atoms with E-state index in [1.54, 1.807) is 0 Å². The van der Waals surface area contributed by atoms with Gasteiger partial charge in [0.15, 0.2) is 0 Å². The maximum atomic E-state index is 12.6. The van der Waals surface area contributed by atoms with E-state index >= 15 is 0 Å². The van der Waals surface area contributed by atoms with Crippen LogP contribution in [0.15, 0.2) is 54.6 Å². The first-order valence-corrected chi connectivity index (χ1v) is 13.6. The van der Waals surface area contributed by atoms with E-state index in [-0.39, 0.29) is 5.91 Å². The molecule has 0 bridgehead atoms. The molecule has 6 heteroatoms. The standard InChI is InChI=1S/C30H41N5O/c1-3-35(4-2)20-19-33-30(36)25-15-13-24(14-16-25)28-21-29(26-11-5-6-12-27(26)34-28)32-18-8-10-23-9-7-17-31-22-23/h5-6,11-16,21,23,31H,3-4,7-10,17-20,22H2,1-2H3,(H,32,34)(H,33,36). The first-order valence-electron chi connectivity index (χ1n) is 13.6. The van der Waals surface area contributed by atoms with Crippen molar-refractivity contribution < 1.29 is 4.79 Å². The number of rotatable bonds is 12. The molecule has 3 N–H and O–H groups in total. The van der Waals surface area contributed by atoms with E-state index in [9.17, 15) is 4.79 Å². The molecule has 1 aromatic heterocycles. The fourth-order valence-corrected chi connectivity index (χ4v) is 5.02. The number of piperidine rings is 1. The summed E-state index contributed by atoms with van der Waals surface area (Å²) in [5, 5.41) is 11.4. The number of benzene rings is 2. The Labute approximate surface area is 215 Å². The van der Waals surface area contributed by atoms with Gasteiger partial charge in [0.25, 0.3) is 5.91 Å².